The molecule has 1 heterocycles. The van der Waals surface area contributed by atoms with Gasteiger partial charge in [0.25, 0.3) is 5.91 Å². The van der Waals surface area contributed by atoms with Crippen LogP contribution in [0.3, 0.4) is 0 Å². The highest BCUT2D eigenvalue weighted by molar-refractivity contribution is 6.31. The summed E-state index contributed by atoms with van der Waals surface area (Å²) in [5.74, 6) is 1.09. The van der Waals surface area contributed by atoms with Crippen molar-refractivity contribution < 1.29 is 18.7 Å². The van der Waals surface area contributed by atoms with E-state index < -0.39 is 0 Å². The number of hydrogen-bond acceptors (Lipinski definition) is 4. The molecule has 1 N–H and O–H groups in total. The summed E-state index contributed by atoms with van der Waals surface area (Å²) in [6.07, 6.45) is 0. The summed E-state index contributed by atoms with van der Waals surface area (Å²) in [6, 6.07) is 8.85. The van der Waals surface area contributed by atoms with Gasteiger partial charge in [-0.05, 0) is 43.7 Å². The summed E-state index contributed by atoms with van der Waals surface area (Å²) >= 11 is 6.10. The van der Waals surface area contributed by atoms with E-state index in [0.717, 1.165) is 16.5 Å². The highest BCUT2D eigenvalue weighted by Gasteiger charge is 2.20. The number of carbonyl (C=O) groups is 1. The zero-order chi connectivity index (χ0) is 18.1. The molecule has 25 heavy (non-hydrogen) atoms. The number of halogens is 1. The van der Waals surface area contributed by atoms with Crippen LogP contribution in [0, 0.1) is 13.8 Å². The van der Waals surface area contributed by atoms with E-state index in [9.17, 15) is 4.79 Å². The van der Waals surface area contributed by atoms with E-state index in [1.807, 2.05) is 19.9 Å². The Morgan fingerprint density at radius 2 is 1.88 bits per heavy atom. The van der Waals surface area contributed by atoms with E-state index in [1.54, 1.807) is 31.4 Å². The van der Waals surface area contributed by atoms with Crippen molar-refractivity contribution in [1.82, 2.24) is 0 Å². The van der Waals surface area contributed by atoms with Crippen LogP contribution in [0.2, 0.25) is 5.02 Å². The van der Waals surface area contributed by atoms with Crippen LogP contribution < -0.4 is 14.8 Å². The number of nitrogens with one attached hydrogen (secondary N) is 1. The molecule has 0 saturated heterocycles. The van der Waals surface area contributed by atoms with Gasteiger partial charge in [-0.1, -0.05) is 11.6 Å². The van der Waals surface area contributed by atoms with Crippen molar-refractivity contribution in [3.8, 4) is 11.5 Å². The predicted molar refractivity (Wildman–Crippen MR) is 98.2 cm³/mol. The number of amides is 1. The number of rotatable bonds is 4. The van der Waals surface area contributed by atoms with Crippen LogP contribution in [0.5, 0.6) is 11.5 Å². The molecule has 3 aromatic rings. The lowest BCUT2D eigenvalue weighted by atomic mass is 10.1. The SMILES string of the molecule is COc1ccc2oc(C(=O)Nc3cc(C)c(Cl)cc3OC)c(C)c2c1. The van der Waals surface area contributed by atoms with E-state index in [-0.39, 0.29) is 11.7 Å². The van der Waals surface area contributed by atoms with E-state index in [2.05, 4.69) is 5.32 Å². The summed E-state index contributed by atoms with van der Waals surface area (Å²) in [5, 5.41) is 4.24. The van der Waals surface area contributed by atoms with Gasteiger partial charge in [0.2, 0.25) is 0 Å². The van der Waals surface area contributed by atoms with Crippen LogP contribution in [0.15, 0.2) is 34.7 Å². The monoisotopic (exact) mass is 359 g/mol. The van der Waals surface area contributed by atoms with Crippen LogP contribution in [0.1, 0.15) is 21.7 Å². The standard InChI is InChI=1S/C19H18ClNO4/c1-10-7-15(17(24-4)9-14(10)20)21-19(22)18-11(2)13-8-12(23-3)5-6-16(13)25-18/h5-9H,1-4H3,(H,21,22). The molecular formula is C19H18ClNO4. The topological polar surface area (TPSA) is 60.7 Å². The number of fused-ring (bicyclic) bond motifs is 1. The highest BCUT2D eigenvalue weighted by atomic mass is 35.5. The first-order valence-corrected chi connectivity index (χ1v) is 8.05. The molecule has 0 aliphatic carbocycles. The molecule has 0 fully saturated rings. The van der Waals surface area contributed by atoms with Crippen molar-refractivity contribution in [1.29, 1.82) is 0 Å². The number of methoxy groups -OCH3 is 2. The predicted octanol–water partition coefficient (Wildman–Crippen LogP) is 4.97. The molecule has 0 aliphatic heterocycles. The number of benzene rings is 2. The lowest BCUT2D eigenvalue weighted by molar-refractivity contribution is 0.0997. The third-order valence-electron chi connectivity index (χ3n) is 4.08. The van der Waals surface area contributed by atoms with Gasteiger partial charge in [0.15, 0.2) is 5.76 Å². The first-order chi connectivity index (χ1) is 11.9. The minimum atomic E-state index is -0.354. The Balaban J connectivity index is 1.98. The smallest absolute Gasteiger partial charge is 0.291 e. The summed E-state index contributed by atoms with van der Waals surface area (Å²) in [6.45, 7) is 3.70. The zero-order valence-electron chi connectivity index (χ0n) is 14.4. The van der Waals surface area contributed by atoms with Crippen molar-refractivity contribution >= 4 is 34.2 Å². The van der Waals surface area contributed by atoms with Crippen molar-refractivity contribution in [2.24, 2.45) is 0 Å². The average Bonchev–Trinajstić information content (AvgIpc) is 2.94. The summed E-state index contributed by atoms with van der Waals surface area (Å²) in [7, 11) is 3.12. The van der Waals surface area contributed by atoms with Crippen LogP contribution >= 0.6 is 11.6 Å². The lowest BCUT2D eigenvalue weighted by Crippen LogP contribution is -2.13. The minimum absolute atomic E-state index is 0.248. The van der Waals surface area contributed by atoms with Gasteiger partial charge in [0.05, 0.1) is 19.9 Å². The first-order valence-electron chi connectivity index (χ1n) is 7.67. The number of hydrogen-bond donors (Lipinski definition) is 1. The Kier molecular flexibility index (Phi) is 4.59. The quantitative estimate of drug-likeness (QED) is 0.714. The molecule has 3 rings (SSSR count). The van der Waals surface area contributed by atoms with E-state index in [1.165, 1.54) is 7.11 Å². The Labute approximate surface area is 150 Å². The van der Waals surface area contributed by atoms with Gasteiger partial charge in [-0.2, -0.15) is 0 Å². The molecule has 2 aromatic carbocycles. The van der Waals surface area contributed by atoms with Crippen LogP contribution in [0.4, 0.5) is 5.69 Å². The fourth-order valence-corrected chi connectivity index (χ4v) is 2.81. The van der Waals surface area contributed by atoms with Crippen molar-refractivity contribution in [2.75, 3.05) is 19.5 Å². The fourth-order valence-electron chi connectivity index (χ4n) is 2.65. The third kappa shape index (κ3) is 3.15. The van der Waals surface area contributed by atoms with Crippen molar-refractivity contribution in [3.63, 3.8) is 0 Å². The van der Waals surface area contributed by atoms with Crippen molar-refractivity contribution in [2.45, 2.75) is 13.8 Å². The largest absolute Gasteiger partial charge is 0.497 e. The van der Waals surface area contributed by atoms with E-state index in [0.29, 0.717) is 27.8 Å². The van der Waals surface area contributed by atoms with Gasteiger partial charge in [0, 0.05) is 22.0 Å². The normalized spacial score (nSPS) is 10.8. The van der Waals surface area contributed by atoms with Gasteiger partial charge in [-0.15, -0.1) is 0 Å². The molecule has 0 aliphatic rings. The van der Waals surface area contributed by atoms with E-state index >= 15 is 0 Å². The molecule has 6 heteroatoms. The van der Waals surface area contributed by atoms with Crippen LogP contribution in [-0.4, -0.2) is 20.1 Å². The first kappa shape index (κ1) is 17.2. The van der Waals surface area contributed by atoms with Gasteiger partial charge in [0.1, 0.15) is 17.1 Å². The summed E-state index contributed by atoms with van der Waals surface area (Å²) in [5.41, 5.74) is 2.74. The summed E-state index contributed by atoms with van der Waals surface area (Å²) in [4.78, 5) is 12.7. The molecular weight excluding hydrogens is 342 g/mol. The molecule has 0 radical (unpaired) electrons. The molecule has 5 nitrogen and oxygen atoms in total. The molecule has 0 unspecified atom stereocenters. The molecule has 0 atom stereocenters. The van der Waals surface area contributed by atoms with Gasteiger partial charge >= 0.3 is 0 Å². The third-order valence-corrected chi connectivity index (χ3v) is 4.49. The number of carbonyl (C=O) groups excluding carboxylic acids is 1. The molecule has 1 amide bonds. The Bertz CT molecular complexity index is 962. The highest BCUT2D eigenvalue weighted by Crippen LogP contribution is 2.33. The molecule has 0 saturated carbocycles. The summed E-state index contributed by atoms with van der Waals surface area (Å²) < 4.78 is 16.2. The van der Waals surface area contributed by atoms with E-state index in [4.69, 9.17) is 25.5 Å². The second kappa shape index (κ2) is 6.69. The van der Waals surface area contributed by atoms with Crippen LogP contribution in [-0.2, 0) is 0 Å². The second-order valence-corrected chi connectivity index (χ2v) is 6.08. The zero-order valence-corrected chi connectivity index (χ0v) is 15.2. The average molecular weight is 360 g/mol. The minimum Gasteiger partial charge on any atom is -0.497 e. The fraction of sp³-hybridized carbons (Fsp3) is 0.211. The number of aryl methyl sites for hydroxylation is 2. The number of furan rings is 1. The Hall–Kier alpha value is -2.66. The lowest BCUT2D eigenvalue weighted by Gasteiger charge is -2.11. The molecule has 0 bridgehead atoms. The molecule has 1 aromatic heterocycles. The maximum Gasteiger partial charge on any atom is 0.291 e. The molecule has 130 valence electrons. The molecule has 0 spiro atoms. The maximum absolute atomic E-state index is 12.7. The second-order valence-electron chi connectivity index (χ2n) is 5.67. The van der Waals surface area contributed by atoms with Crippen molar-refractivity contribution in [3.05, 3.63) is 52.2 Å². The van der Waals surface area contributed by atoms with Gasteiger partial charge < -0.3 is 19.2 Å². The Morgan fingerprint density at radius 3 is 2.56 bits per heavy atom. The van der Waals surface area contributed by atoms with Gasteiger partial charge in [-0.3, -0.25) is 4.79 Å². The van der Waals surface area contributed by atoms with Gasteiger partial charge in [-0.25, -0.2) is 0 Å². The number of anilines is 1. The number of ether oxygens (including phenoxy) is 2. The van der Waals surface area contributed by atoms with Crippen LogP contribution in [0.25, 0.3) is 11.0 Å². The Morgan fingerprint density at radius 1 is 1.12 bits per heavy atom. The maximum atomic E-state index is 12.7.